The van der Waals surface area contributed by atoms with Crippen LogP contribution >= 0.6 is 0 Å². The zero-order valence-electron chi connectivity index (χ0n) is 14.9. The van der Waals surface area contributed by atoms with Crippen LogP contribution in [-0.4, -0.2) is 13.2 Å². The summed E-state index contributed by atoms with van der Waals surface area (Å²) in [5, 5.41) is 0. The van der Waals surface area contributed by atoms with Gasteiger partial charge in [0, 0.05) is 231 Å². The van der Waals surface area contributed by atoms with Gasteiger partial charge in [-0.1, -0.05) is 6.08 Å². The molecule has 0 aromatic rings. The van der Waals surface area contributed by atoms with Crippen LogP contribution in [0.15, 0.2) is 12.7 Å². The van der Waals surface area contributed by atoms with Crippen LogP contribution in [0.4, 0.5) is 0 Å². The molecule has 0 radical (unpaired) electrons. The molecule has 1 saturated heterocycles. The highest BCUT2D eigenvalue weighted by molar-refractivity contribution is 8.79. The predicted molar refractivity (Wildman–Crippen MR) is 210 cm³/mol. The molecule has 1 aliphatic heterocycles. The summed E-state index contributed by atoms with van der Waals surface area (Å²) in [6, 6.07) is 0. The van der Waals surface area contributed by atoms with Gasteiger partial charge in [-0.05, 0) is 18.8 Å². The topological polar surface area (TPSA) is 9.23 Å². The fraction of sp³-hybridized carbons (Fsp3) is 0.714. The maximum Gasteiger partial charge on any atom is 0.0471 e. The summed E-state index contributed by atoms with van der Waals surface area (Å²) in [6.45, 7) is 5.58. The number of ether oxygens (including phenoxy) is 1. The molecule has 0 N–H and O–H groups in total. The van der Waals surface area contributed by atoms with Crippen molar-refractivity contribution in [2.24, 2.45) is 5.92 Å². The van der Waals surface area contributed by atoms with Gasteiger partial charge in [0.15, 0.2) is 0 Å². The van der Waals surface area contributed by atoms with E-state index in [1.54, 1.807) is 142 Å². The Morgan fingerprint density at radius 1 is 0.500 bits per heavy atom. The van der Waals surface area contributed by atoms with Crippen LogP contribution < -0.4 is 0 Å². The Balaban J connectivity index is 0.000000995. The van der Waals surface area contributed by atoms with Crippen molar-refractivity contribution in [3.63, 3.8) is 0 Å². The second kappa shape index (κ2) is 34.0. The molecule has 1 nitrogen and oxygen atoms in total. The standard InChI is InChI=1S/C7H12O.S24/c1-2-7-3-5-8-6-4-7;1-3-5-7-9-11-13-15-17-19-21-23-24-22-20-18-16-14-12-10-8-6-4-2/h2,7H,1,3-6H2;. The predicted octanol–water partition coefficient (Wildman–Crippen LogP) is 1.54. The summed E-state index contributed by atoms with van der Waals surface area (Å²) in [7, 11) is 38.1. The van der Waals surface area contributed by atoms with Gasteiger partial charge in [0.25, 0.3) is 0 Å². The summed E-state index contributed by atoms with van der Waals surface area (Å²) in [5.74, 6) is 0.726. The molecule has 0 unspecified atom stereocenters. The summed E-state index contributed by atoms with van der Waals surface area (Å²) >= 11 is 9.54. The van der Waals surface area contributed by atoms with Crippen LogP contribution in [0.3, 0.4) is 0 Å². The molecule has 0 aromatic heterocycles. The van der Waals surface area contributed by atoms with E-state index in [4.69, 9.17) is 27.1 Å². The highest BCUT2D eigenvalue weighted by Crippen LogP contribution is 2.14. The third-order valence-corrected chi connectivity index (χ3v) is 48.8. The second-order valence-electron chi connectivity index (χ2n) is 3.68. The van der Waals surface area contributed by atoms with E-state index in [1.807, 2.05) is 41.6 Å². The molecule has 0 spiro atoms. The smallest absolute Gasteiger partial charge is 0.0471 e. The largest absolute Gasteiger partial charge is 0.381 e. The summed E-state index contributed by atoms with van der Waals surface area (Å²) in [6.07, 6.45) is 4.37. The second-order valence-corrected chi connectivity index (χ2v) is 42.6. The van der Waals surface area contributed by atoms with Gasteiger partial charge in [-0.25, -0.2) is 0 Å². The van der Waals surface area contributed by atoms with Gasteiger partial charge >= 0.3 is 0 Å². The van der Waals surface area contributed by atoms with Crippen molar-refractivity contribution in [3.8, 4) is 0 Å². The van der Waals surface area contributed by atoms with Gasteiger partial charge in [0.1, 0.15) is 0 Å². The van der Waals surface area contributed by atoms with Crippen molar-refractivity contribution >= 4 is 218 Å². The van der Waals surface area contributed by atoms with E-state index in [0.717, 1.165) is 19.1 Å². The van der Waals surface area contributed by atoms with Gasteiger partial charge in [-0.15, -0.1) is 6.58 Å². The van der Waals surface area contributed by atoms with E-state index < -0.39 is 0 Å². The van der Waals surface area contributed by atoms with Crippen LogP contribution in [0.2, 0.25) is 0 Å². The number of allylic oxidation sites excluding steroid dienone is 1. The van der Waals surface area contributed by atoms with Crippen LogP contribution in [-0.2, 0) is 222 Å². The van der Waals surface area contributed by atoms with Gasteiger partial charge in [0.2, 0.25) is 0 Å². The Morgan fingerprint density at radius 2 is 0.750 bits per heavy atom. The van der Waals surface area contributed by atoms with Crippen molar-refractivity contribution in [1.82, 2.24) is 0 Å². The van der Waals surface area contributed by atoms with Crippen molar-refractivity contribution in [3.05, 3.63) is 12.7 Å². The fourth-order valence-corrected chi connectivity index (χ4v) is 56.1. The molecule has 0 atom stereocenters. The first kappa shape index (κ1) is 37.0. The zero-order valence-corrected chi connectivity index (χ0v) is 34.5. The van der Waals surface area contributed by atoms with Gasteiger partial charge < -0.3 is 4.74 Å². The first-order valence-corrected chi connectivity index (χ1v) is 37.6. The van der Waals surface area contributed by atoms with Crippen molar-refractivity contribution in [2.75, 3.05) is 13.2 Å². The number of hydrogen-bond donors (Lipinski definition) is 0. The summed E-state index contributed by atoms with van der Waals surface area (Å²) in [4.78, 5) is 0. The average molecular weight is 882 g/mol. The maximum atomic E-state index is 5.15. The minimum atomic E-state index is 0.726. The first-order valence-electron chi connectivity index (χ1n) is 6.97. The van der Waals surface area contributed by atoms with Crippen LogP contribution in [0.25, 0.3) is 0 Å². The van der Waals surface area contributed by atoms with E-state index >= 15 is 0 Å². The maximum absolute atomic E-state index is 5.15. The molecule has 1 rings (SSSR count). The lowest BCUT2D eigenvalue weighted by atomic mass is 10.0. The molecular formula is C7H12OS24. The third-order valence-electron chi connectivity index (χ3n) is 2.18. The van der Waals surface area contributed by atoms with Gasteiger partial charge in [-0.3, -0.25) is 0 Å². The Morgan fingerprint density at radius 3 is 0.938 bits per heavy atom. The van der Waals surface area contributed by atoms with E-state index in [2.05, 4.69) is 6.58 Å². The SMILES string of the molecule is C=CC1CCOCC1.S=S=S=S=S=S=S=S=S=S=S=S=S=S=S=S=S=S=S=S=S=S=S=S. The van der Waals surface area contributed by atoms with E-state index in [1.165, 1.54) is 30.6 Å². The minimum Gasteiger partial charge on any atom is -0.381 e. The first-order chi connectivity index (χ1) is 15.8. The Labute approximate surface area is 261 Å². The minimum absolute atomic E-state index is 0.726. The van der Waals surface area contributed by atoms with Crippen molar-refractivity contribution in [1.29, 1.82) is 0 Å². The molecule has 0 amide bonds. The number of hydrogen-bond acceptors (Lipinski definition) is 3. The monoisotopic (exact) mass is 879 g/mol. The van der Waals surface area contributed by atoms with Crippen LogP contribution in [0.5, 0.6) is 0 Å². The molecular weight excluding hydrogens is 870 g/mol. The molecule has 32 heavy (non-hydrogen) atoms. The Bertz CT molecular complexity index is 1430. The zero-order chi connectivity index (χ0) is 23.4. The van der Waals surface area contributed by atoms with Crippen molar-refractivity contribution < 1.29 is 4.74 Å². The molecule has 0 aliphatic carbocycles. The van der Waals surface area contributed by atoms with Gasteiger partial charge in [0.05, 0.1) is 0 Å². The summed E-state index contributed by atoms with van der Waals surface area (Å²) < 4.78 is 5.15. The van der Waals surface area contributed by atoms with E-state index in [9.17, 15) is 0 Å². The highest BCUT2D eigenvalue weighted by Gasteiger charge is 2.08. The molecule has 0 aromatic carbocycles. The average Bonchev–Trinajstić information content (AvgIpc) is 2.84. The molecule has 0 saturated carbocycles. The fourth-order valence-electron chi connectivity index (χ4n) is 1.18. The molecule has 25 heteroatoms. The van der Waals surface area contributed by atoms with Crippen molar-refractivity contribution in [2.45, 2.75) is 12.8 Å². The van der Waals surface area contributed by atoms with Gasteiger partial charge in [-0.2, -0.15) is 0 Å². The molecule has 1 heterocycles. The van der Waals surface area contributed by atoms with Crippen LogP contribution in [0, 0.1) is 5.92 Å². The quantitative estimate of drug-likeness (QED) is 0.371. The normalized spacial score (nSPS) is 11.4. The highest BCUT2D eigenvalue weighted by atomic mass is 33.5. The third kappa shape index (κ3) is 31.2. The van der Waals surface area contributed by atoms with E-state index in [0.29, 0.717) is 0 Å². The van der Waals surface area contributed by atoms with Crippen LogP contribution in [0.1, 0.15) is 12.8 Å². The molecule has 0 bridgehead atoms. The number of rotatable bonds is 1. The Kier molecular flexibility index (Phi) is 39.3. The molecule has 1 fully saturated rings. The lowest BCUT2D eigenvalue weighted by Gasteiger charge is -2.17. The Hall–Kier alpha value is 4.98. The summed E-state index contributed by atoms with van der Waals surface area (Å²) in [5.41, 5.74) is 0. The lowest BCUT2D eigenvalue weighted by Crippen LogP contribution is -2.13. The molecule has 1 aliphatic rings. The van der Waals surface area contributed by atoms with E-state index in [-0.39, 0.29) is 0 Å². The lowest BCUT2D eigenvalue weighted by molar-refractivity contribution is 0.0786. The molecule has 190 valence electrons.